The van der Waals surface area contributed by atoms with Gasteiger partial charge >= 0.3 is 5.97 Å². The molecule has 128 valence electrons. The highest BCUT2D eigenvalue weighted by Gasteiger charge is 2.11. The van der Waals surface area contributed by atoms with Gasteiger partial charge in [-0.05, 0) is 30.2 Å². The maximum Gasteiger partial charge on any atom is 0.338 e. The van der Waals surface area contributed by atoms with E-state index >= 15 is 0 Å². The van der Waals surface area contributed by atoms with Crippen molar-refractivity contribution in [3.63, 3.8) is 0 Å². The maximum atomic E-state index is 11.9. The summed E-state index contributed by atoms with van der Waals surface area (Å²) in [6.07, 6.45) is 1.28. The Morgan fingerprint density at radius 3 is 2.48 bits per heavy atom. The van der Waals surface area contributed by atoms with Gasteiger partial charge in [-0.3, -0.25) is 4.79 Å². The summed E-state index contributed by atoms with van der Waals surface area (Å²) in [7, 11) is 0. The third kappa shape index (κ3) is 4.82. The third-order valence-electron chi connectivity index (χ3n) is 3.25. The molecule has 0 aliphatic carbocycles. The smallest absolute Gasteiger partial charge is 0.338 e. The first kappa shape index (κ1) is 18.0. The molecule has 0 unspecified atom stereocenters. The van der Waals surface area contributed by atoms with E-state index in [9.17, 15) is 9.59 Å². The average Bonchev–Trinajstić information content (AvgIpc) is 3.06. The van der Waals surface area contributed by atoms with Crippen molar-refractivity contribution in [2.24, 2.45) is 11.7 Å². The molecular formula is C19H18N2O4. The molecule has 1 amide bonds. The highest BCUT2D eigenvalue weighted by molar-refractivity contribution is 6.00. The molecule has 2 aromatic rings. The molecule has 0 aliphatic heterocycles. The van der Waals surface area contributed by atoms with Crippen molar-refractivity contribution in [1.29, 1.82) is 5.26 Å². The first-order valence-electron chi connectivity index (χ1n) is 7.69. The van der Waals surface area contributed by atoms with E-state index in [1.54, 1.807) is 42.5 Å². The molecule has 1 heterocycles. The Morgan fingerprint density at radius 2 is 1.92 bits per heavy atom. The SMILES string of the molecule is CC(C)COC(=O)c1ccc(-c2ccc(/C=C(\C#N)C(N)=O)o2)cc1. The van der Waals surface area contributed by atoms with Gasteiger partial charge in [0.1, 0.15) is 23.2 Å². The number of carbonyl (C=O) groups excluding carboxylic acids is 2. The predicted octanol–water partition coefficient (Wildman–Crippen LogP) is 3.15. The van der Waals surface area contributed by atoms with Crippen LogP contribution in [0.1, 0.15) is 30.0 Å². The summed E-state index contributed by atoms with van der Waals surface area (Å²) < 4.78 is 10.8. The fourth-order valence-electron chi connectivity index (χ4n) is 1.98. The van der Waals surface area contributed by atoms with Crippen LogP contribution in [-0.4, -0.2) is 18.5 Å². The predicted molar refractivity (Wildman–Crippen MR) is 92.0 cm³/mol. The van der Waals surface area contributed by atoms with Crippen LogP contribution in [0.5, 0.6) is 0 Å². The summed E-state index contributed by atoms with van der Waals surface area (Å²) in [4.78, 5) is 22.9. The Balaban J connectivity index is 2.14. The van der Waals surface area contributed by atoms with Crippen LogP contribution in [-0.2, 0) is 9.53 Å². The van der Waals surface area contributed by atoms with Crippen molar-refractivity contribution >= 4 is 18.0 Å². The van der Waals surface area contributed by atoms with Crippen LogP contribution in [0, 0.1) is 17.2 Å². The number of benzene rings is 1. The number of hydrogen-bond acceptors (Lipinski definition) is 5. The summed E-state index contributed by atoms with van der Waals surface area (Å²) >= 11 is 0. The Hall–Kier alpha value is -3.33. The molecule has 0 saturated carbocycles. The number of nitrogens with two attached hydrogens (primary N) is 1. The Bertz CT molecular complexity index is 839. The molecule has 0 saturated heterocycles. The van der Waals surface area contributed by atoms with E-state index in [2.05, 4.69) is 0 Å². The van der Waals surface area contributed by atoms with E-state index in [1.807, 2.05) is 13.8 Å². The van der Waals surface area contributed by atoms with E-state index < -0.39 is 5.91 Å². The molecule has 2 rings (SSSR count). The number of carbonyl (C=O) groups is 2. The van der Waals surface area contributed by atoms with Gasteiger partial charge in [-0.1, -0.05) is 26.0 Å². The Morgan fingerprint density at radius 1 is 1.24 bits per heavy atom. The summed E-state index contributed by atoms with van der Waals surface area (Å²) in [6.45, 7) is 4.31. The molecule has 0 bridgehead atoms. The van der Waals surface area contributed by atoms with E-state index in [-0.39, 0.29) is 17.5 Å². The monoisotopic (exact) mass is 338 g/mol. The Kier molecular flexibility index (Phi) is 5.75. The van der Waals surface area contributed by atoms with E-state index in [1.165, 1.54) is 6.08 Å². The van der Waals surface area contributed by atoms with Gasteiger partial charge in [-0.2, -0.15) is 5.26 Å². The molecule has 6 nitrogen and oxygen atoms in total. The molecule has 1 aromatic carbocycles. The summed E-state index contributed by atoms with van der Waals surface area (Å²) in [5.41, 5.74) is 6.10. The molecule has 2 N–H and O–H groups in total. The van der Waals surface area contributed by atoms with Crippen LogP contribution in [0.3, 0.4) is 0 Å². The minimum Gasteiger partial charge on any atom is -0.462 e. The molecule has 0 atom stereocenters. The van der Waals surface area contributed by atoms with Gasteiger partial charge in [0.25, 0.3) is 5.91 Å². The van der Waals surface area contributed by atoms with Crippen molar-refractivity contribution in [1.82, 2.24) is 0 Å². The average molecular weight is 338 g/mol. The lowest BCUT2D eigenvalue weighted by Crippen LogP contribution is -2.12. The summed E-state index contributed by atoms with van der Waals surface area (Å²) in [6, 6.07) is 11.8. The second-order valence-electron chi connectivity index (χ2n) is 5.81. The van der Waals surface area contributed by atoms with Crippen molar-refractivity contribution in [2.45, 2.75) is 13.8 Å². The number of nitrogens with zero attached hydrogens (tertiary/aromatic N) is 1. The summed E-state index contributed by atoms with van der Waals surface area (Å²) in [5, 5.41) is 8.84. The number of furan rings is 1. The number of esters is 1. The number of nitriles is 1. The van der Waals surface area contributed by atoms with Crippen molar-refractivity contribution in [2.75, 3.05) is 6.61 Å². The lowest BCUT2D eigenvalue weighted by atomic mass is 10.1. The van der Waals surface area contributed by atoms with Crippen LogP contribution in [0.4, 0.5) is 0 Å². The second-order valence-corrected chi connectivity index (χ2v) is 5.81. The number of amides is 1. The summed E-state index contributed by atoms with van der Waals surface area (Å²) in [5.74, 6) is -0.0365. The first-order valence-corrected chi connectivity index (χ1v) is 7.69. The van der Waals surface area contributed by atoms with Gasteiger partial charge in [-0.15, -0.1) is 0 Å². The van der Waals surface area contributed by atoms with Crippen molar-refractivity contribution in [3.05, 3.63) is 53.3 Å². The zero-order valence-corrected chi connectivity index (χ0v) is 14.0. The largest absolute Gasteiger partial charge is 0.462 e. The minimum atomic E-state index is -0.815. The molecule has 0 radical (unpaired) electrons. The zero-order valence-electron chi connectivity index (χ0n) is 14.0. The standard InChI is InChI=1S/C19H18N2O4/c1-12(2)11-24-19(23)14-5-3-13(4-6-14)17-8-7-16(25-17)9-15(10-20)18(21)22/h3-9,12H,11H2,1-2H3,(H2,21,22)/b15-9+. The minimum absolute atomic E-state index is 0.191. The van der Waals surface area contributed by atoms with E-state index in [4.69, 9.17) is 20.1 Å². The molecule has 0 aliphatic rings. The number of primary amides is 1. The van der Waals surface area contributed by atoms with Gasteiger partial charge in [-0.25, -0.2) is 4.79 Å². The van der Waals surface area contributed by atoms with Gasteiger partial charge in [0.05, 0.1) is 12.2 Å². The quantitative estimate of drug-likeness (QED) is 0.494. The van der Waals surface area contributed by atoms with E-state index in [0.717, 1.165) is 5.56 Å². The van der Waals surface area contributed by atoms with Crippen LogP contribution in [0.2, 0.25) is 0 Å². The van der Waals surface area contributed by atoms with Crippen LogP contribution < -0.4 is 5.73 Å². The zero-order chi connectivity index (χ0) is 18.4. The fourth-order valence-corrected chi connectivity index (χ4v) is 1.98. The van der Waals surface area contributed by atoms with Crippen LogP contribution in [0.15, 0.2) is 46.4 Å². The van der Waals surface area contributed by atoms with Crippen molar-refractivity contribution in [3.8, 4) is 17.4 Å². The van der Waals surface area contributed by atoms with Crippen molar-refractivity contribution < 1.29 is 18.7 Å². The highest BCUT2D eigenvalue weighted by Crippen LogP contribution is 2.24. The fraction of sp³-hybridized carbons (Fsp3) is 0.211. The molecule has 25 heavy (non-hydrogen) atoms. The molecular weight excluding hydrogens is 320 g/mol. The van der Waals surface area contributed by atoms with Gasteiger partial charge in [0, 0.05) is 11.6 Å². The number of ether oxygens (including phenoxy) is 1. The lowest BCUT2D eigenvalue weighted by Gasteiger charge is -2.07. The maximum absolute atomic E-state index is 11.9. The van der Waals surface area contributed by atoms with Crippen LogP contribution >= 0.6 is 0 Å². The third-order valence-corrected chi connectivity index (χ3v) is 3.25. The normalized spacial score (nSPS) is 11.2. The first-order chi connectivity index (χ1) is 11.9. The lowest BCUT2D eigenvalue weighted by molar-refractivity contribution is -0.114. The number of hydrogen-bond donors (Lipinski definition) is 1. The van der Waals surface area contributed by atoms with Gasteiger partial charge in [0.2, 0.25) is 0 Å². The van der Waals surface area contributed by atoms with Gasteiger partial charge < -0.3 is 14.9 Å². The van der Waals surface area contributed by atoms with Crippen LogP contribution in [0.25, 0.3) is 17.4 Å². The van der Waals surface area contributed by atoms with E-state index in [0.29, 0.717) is 23.7 Å². The number of rotatable bonds is 6. The molecule has 1 aromatic heterocycles. The molecule has 0 fully saturated rings. The molecule has 0 spiro atoms. The van der Waals surface area contributed by atoms with Gasteiger partial charge in [0.15, 0.2) is 0 Å². The molecule has 6 heteroatoms. The second kappa shape index (κ2) is 7.97. The Labute approximate surface area is 145 Å². The highest BCUT2D eigenvalue weighted by atomic mass is 16.5. The topological polar surface area (TPSA) is 106 Å².